The number of alkyl halides is 1. The number of para-hydroxylation sites is 1. The van der Waals surface area contributed by atoms with Crippen LogP contribution in [-0.4, -0.2) is 11.6 Å². The number of nitrogens with zero attached hydrogens (tertiary/aromatic N) is 1. The zero-order valence-electron chi connectivity index (χ0n) is 11.3. The van der Waals surface area contributed by atoms with Gasteiger partial charge in [0, 0.05) is 28.7 Å². The van der Waals surface area contributed by atoms with Gasteiger partial charge in [-0.15, -0.1) is 0 Å². The van der Waals surface area contributed by atoms with Crippen molar-refractivity contribution >= 4 is 15.9 Å². The van der Waals surface area contributed by atoms with Gasteiger partial charge in [0.1, 0.15) is 5.75 Å². The number of halogens is 1. The van der Waals surface area contributed by atoms with Crippen LogP contribution in [0.5, 0.6) is 5.75 Å². The van der Waals surface area contributed by atoms with Crippen LogP contribution in [0.4, 0.5) is 0 Å². The minimum absolute atomic E-state index is 0.213. The highest BCUT2D eigenvalue weighted by atomic mass is 79.9. The number of aromatic nitrogens is 1. The molecule has 1 unspecified atom stereocenters. The van der Waals surface area contributed by atoms with Crippen molar-refractivity contribution in [2.75, 3.05) is 6.61 Å². The number of hydrogen-bond acceptors (Lipinski definition) is 2. The molecular weight excluding hydrogens is 302 g/mol. The number of pyridine rings is 1. The van der Waals surface area contributed by atoms with Crippen molar-refractivity contribution in [1.82, 2.24) is 4.98 Å². The molecule has 19 heavy (non-hydrogen) atoms. The molecule has 0 N–H and O–H groups in total. The molecule has 0 aliphatic carbocycles. The van der Waals surface area contributed by atoms with Crippen LogP contribution >= 0.6 is 15.9 Å². The lowest BCUT2D eigenvalue weighted by Crippen LogP contribution is -2.02. The number of rotatable bonds is 5. The van der Waals surface area contributed by atoms with E-state index < -0.39 is 0 Å². The zero-order chi connectivity index (χ0) is 13.7. The molecule has 0 aliphatic rings. The monoisotopic (exact) mass is 319 g/mol. The summed E-state index contributed by atoms with van der Waals surface area (Å²) in [6, 6.07) is 12.3. The Kier molecular flexibility index (Phi) is 4.97. The predicted octanol–water partition coefficient (Wildman–Crippen LogP) is 4.47. The summed E-state index contributed by atoms with van der Waals surface area (Å²) in [7, 11) is 0. The van der Waals surface area contributed by atoms with E-state index in [1.54, 1.807) is 0 Å². The fourth-order valence-corrected chi connectivity index (χ4v) is 2.65. The molecule has 0 radical (unpaired) electrons. The van der Waals surface area contributed by atoms with Gasteiger partial charge in [0.2, 0.25) is 0 Å². The molecule has 2 nitrogen and oxygen atoms in total. The predicted molar refractivity (Wildman–Crippen MR) is 82.0 cm³/mol. The number of hydrogen-bond donors (Lipinski definition) is 0. The third-order valence-corrected chi connectivity index (χ3v) is 3.73. The van der Waals surface area contributed by atoms with Crippen LogP contribution in [0.2, 0.25) is 0 Å². The molecule has 0 spiro atoms. The summed E-state index contributed by atoms with van der Waals surface area (Å²) in [5.41, 5.74) is 3.44. The van der Waals surface area contributed by atoms with E-state index in [1.165, 1.54) is 11.1 Å². The van der Waals surface area contributed by atoms with Gasteiger partial charge in [0.05, 0.1) is 6.61 Å². The maximum atomic E-state index is 5.66. The van der Waals surface area contributed by atoms with Crippen LogP contribution in [0, 0.1) is 6.92 Å². The molecule has 1 aromatic carbocycles. The third kappa shape index (κ3) is 3.80. The van der Waals surface area contributed by atoms with E-state index in [-0.39, 0.29) is 4.83 Å². The minimum atomic E-state index is 0.213. The maximum absolute atomic E-state index is 5.66. The summed E-state index contributed by atoms with van der Waals surface area (Å²) in [5.74, 6) is 0.944. The van der Waals surface area contributed by atoms with E-state index in [0.29, 0.717) is 6.61 Å². The van der Waals surface area contributed by atoms with Gasteiger partial charge in [-0.25, -0.2) is 0 Å². The molecule has 0 bridgehead atoms. The first kappa shape index (κ1) is 14.1. The van der Waals surface area contributed by atoms with Crippen molar-refractivity contribution in [3.05, 3.63) is 59.4 Å². The lowest BCUT2D eigenvalue weighted by atomic mass is 10.1. The summed E-state index contributed by atoms with van der Waals surface area (Å²) in [5, 5.41) is 0. The van der Waals surface area contributed by atoms with Gasteiger partial charge >= 0.3 is 0 Å². The molecule has 0 aliphatic heterocycles. The molecule has 2 rings (SSSR count). The van der Waals surface area contributed by atoms with E-state index in [2.05, 4.69) is 39.1 Å². The van der Waals surface area contributed by atoms with Gasteiger partial charge in [-0.2, -0.15) is 0 Å². The second-order valence-corrected chi connectivity index (χ2v) is 5.57. The normalized spacial score (nSPS) is 12.2. The lowest BCUT2D eigenvalue weighted by Gasteiger charge is -2.15. The molecule has 0 saturated carbocycles. The Hall–Kier alpha value is -1.35. The Balaban J connectivity index is 2.15. The number of aryl methyl sites for hydroxylation is 1. The lowest BCUT2D eigenvalue weighted by molar-refractivity contribution is 0.336. The molecule has 0 amide bonds. The van der Waals surface area contributed by atoms with E-state index in [9.17, 15) is 0 Å². The summed E-state index contributed by atoms with van der Waals surface area (Å²) < 4.78 is 5.66. The standard InChI is InChI=1S/C16H18BrNO/c1-3-19-16-7-5-4-6-14(16)15(17)10-13-9-8-12(2)11-18-13/h4-9,11,15H,3,10H2,1-2H3. The molecule has 0 fully saturated rings. The Labute approximate surface area is 123 Å². The maximum Gasteiger partial charge on any atom is 0.123 e. The largest absolute Gasteiger partial charge is 0.494 e. The van der Waals surface area contributed by atoms with Gasteiger partial charge in [-0.05, 0) is 31.5 Å². The molecular formula is C16H18BrNO. The summed E-state index contributed by atoms with van der Waals surface area (Å²) in [6.45, 7) is 4.73. The number of ether oxygens (including phenoxy) is 1. The fraction of sp³-hybridized carbons (Fsp3) is 0.312. The molecule has 1 aromatic heterocycles. The van der Waals surface area contributed by atoms with Gasteiger partial charge < -0.3 is 4.74 Å². The van der Waals surface area contributed by atoms with Gasteiger partial charge in [0.15, 0.2) is 0 Å². The molecule has 2 aromatic rings. The Morgan fingerprint density at radius 3 is 2.68 bits per heavy atom. The van der Waals surface area contributed by atoms with Crippen molar-refractivity contribution in [2.45, 2.75) is 25.1 Å². The Morgan fingerprint density at radius 1 is 1.21 bits per heavy atom. The van der Waals surface area contributed by atoms with Crippen molar-refractivity contribution in [1.29, 1.82) is 0 Å². The van der Waals surface area contributed by atoms with E-state index in [4.69, 9.17) is 4.74 Å². The van der Waals surface area contributed by atoms with E-state index in [1.807, 2.05) is 38.2 Å². The molecule has 0 saturated heterocycles. The third-order valence-electron chi connectivity index (χ3n) is 2.92. The van der Waals surface area contributed by atoms with Gasteiger partial charge in [0.25, 0.3) is 0 Å². The second-order valence-electron chi connectivity index (χ2n) is 4.47. The fourth-order valence-electron chi connectivity index (χ4n) is 1.94. The SMILES string of the molecule is CCOc1ccccc1C(Br)Cc1ccc(C)cn1. The van der Waals surface area contributed by atoms with Crippen molar-refractivity contribution in [3.63, 3.8) is 0 Å². The molecule has 1 atom stereocenters. The summed E-state index contributed by atoms with van der Waals surface area (Å²) in [6.07, 6.45) is 2.76. The van der Waals surface area contributed by atoms with Crippen LogP contribution in [0.15, 0.2) is 42.6 Å². The average Bonchev–Trinajstić information content (AvgIpc) is 2.42. The summed E-state index contributed by atoms with van der Waals surface area (Å²) >= 11 is 3.74. The highest BCUT2D eigenvalue weighted by molar-refractivity contribution is 9.09. The first-order valence-corrected chi connectivity index (χ1v) is 7.39. The van der Waals surface area contributed by atoms with Crippen LogP contribution in [0.25, 0.3) is 0 Å². The van der Waals surface area contributed by atoms with Crippen molar-refractivity contribution < 1.29 is 4.74 Å². The zero-order valence-corrected chi connectivity index (χ0v) is 12.9. The van der Waals surface area contributed by atoms with Crippen molar-refractivity contribution in [2.24, 2.45) is 0 Å². The first-order valence-electron chi connectivity index (χ1n) is 6.48. The molecule has 3 heteroatoms. The smallest absolute Gasteiger partial charge is 0.123 e. The Morgan fingerprint density at radius 2 is 2.00 bits per heavy atom. The first-order chi connectivity index (χ1) is 9.20. The molecule has 1 heterocycles. The minimum Gasteiger partial charge on any atom is -0.494 e. The average molecular weight is 320 g/mol. The summed E-state index contributed by atoms with van der Waals surface area (Å²) in [4.78, 5) is 4.66. The van der Waals surface area contributed by atoms with Crippen LogP contribution in [0.1, 0.15) is 28.6 Å². The van der Waals surface area contributed by atoms with Crippen LogP contribution < -0.4 is 4.74 Å². The van der Waals surface area contributed by atoms with Crippen molar-refractivity contribution in [3.8, 4) is 5.75 Å². The second kappa shape index (κ2) is 6.71. The van der Waals surface area contributed by atoms with E-state index >= 15 is 0 Å². The van der Waals surface area contributed by atoms with Crippen LogP contribution in [-0.2, 0) is 6.42 Å². The van der Waals surface area contributed by atoms with Gasteiger partial charge in [-0.3, -0.25) is 4.98 Å². The van der Waals surface area contributed by atoms with Crippen LogP contribution in [0.3, 0.4) is 0 Å². The highest BCUT2D eigenvalue weighted by Crippen LogP contribution is 2.33. The molecule has 100 valence electrons. The Bertz CT molecular complexity index is 525. The highest BCUT2D eigenvalue weighted by Gasteiger charge is 2.14. The van der Waals surface area contributed by atoms with Gasteiger partial charge in [-0.1, -0.05) is 40.2 Å². The quantitative estimate of drug-likeness (QED) is 0.759. The van der Waals surface area contributed by atoms with E-state index in [0.717, 1.165) is 17.9 Å². The number of benzene rings is 1. The topological polar surface area (TPSA) is 22.1 Å².